The Balaban J connectivity index is 2.65. The average molecular weight is 235 g/mol. The Kier molecular flexibility index (Phi) is 3.10. The number of benzene rings is 1. The first-order valence-corrected chi connectivity index (χ1v) is 5.95. The molecule has 3 heteroatoms. The average Bonchev–Trinajstić information content (AvgIpc) is 2.28. The van der Waals surface area contributed by atoms with Crippen molar-refractivity contribution in [2.24, 2.45) is 0 Å². The van der Waals surface area contributed by atoms with E-state index in [-0.39, 0.29) is 0 Å². The predicted octanol–water partition coefficient (Wildman–Crippen LogP) is 3.97. The second-order valence-electron chi connectivity index (χ2n) is 4.22. The Morgan fingerprint density at radius 1 is 1.25 bits per heavy atom. The number of nitrogens with zero attached hydrogens (tertiary/aromatic N) is 2. The molecule has 0 bridgehead atoms. The van der Waals surface area contributed by atoms with E-state index in [4.69, 9.17) is 11.6 Å². The van der Waals surface area contributed by atoms with Gasteiger partial charge in [-0.1, -0.05) is 38.4 Å². The van der Waals surface area contributed by atoms with Gasteiger partial charge in [0.15, 0.2) is 0 Å². The summed E-state index contributed by atoms with van der Waals surface area (Å²) in [5.41, 5.74) is 2.20. The zero-order valence-electron chi connectivity index (χ0n) is 9.79. The number of fused-ring (bicyclic) bond motifs is 1. The van der Waals surface area contributed by atoms with Crippen LogP contribution in [0, 0.1) is 0 Å². The first kappa shape index (κ1) is 11.3. The highest BCUT2D eigenvalue weighted by molar-refractivity contribution is 6.34. The molecule has 0 spiro atoms. The van der Waals surface area contributed by atoms with E-state index in [1.54, 1.807) is 0 Å². The van der Waals surface area contributed by atoms with E-state index < -0.39 is 0 Å². The zero-order valence-corrected chi connectivity index (χ0v) is 10.5. The predicted molar refractivity (Wildman–Crippen MR) is 68.0 cm³/mol. The van der Waals surface area contributed by atoms with E-state index in [0.29, 0.717) is 11.1 Å². The van der Waals surface area contributed by atoms with Crippen molar-refractivity contribution < 1.29 is 0 Å². The van der Waals surface area contributed by atoms with Crippen LogP contribution >= 0.6 is 11.6 Å². The molecular weight excluding hydrogens is 220 g/mol. The number of aromatic nitrogens is 2. The van der Waals surface area contributed by atoms with Crippen molar-refractivity contribution in [2.45, 2.75) is 33.1 Å². The van der Waals surface area contributed by atoms with Crippen molar-refractivity contribution >= 4 is 22.5 Å². The molecule has 0 unspecified atom stereocenters. The van der Waals surface area contributed by atoms with Gasteiger partial charge in [0, 0.05) is 11.8 Å². The molecule has 1 aromatic heterocycles. The van der Waals surface area contributed by atoms with Crippen LogP contribution in [-0.2, 0) is 6.42 Å². The Labute approximate surface area is 101 Å². The lowest BCUT2D eigenvalue weighted by Crippen LogP contribution is -1.96. The summed E-state index contributed by atoms with van der Waals surface area (Å²) in [5, 5.41) is 1.51. The van der Waals surface area contributed by atoms with Gasteiger partial charge in [0.1, 0.15) is 11.0 Å². The first-order valence-electron chi connectivity index (χ1n) is 5.58. The number of hydrogen-bond donors (Lipinski definition) is 0. The Morgan fingerprint density at radius 3 is 2.62 bits per heavy atom. The molecule has 0 aliphatic heterocycles. The van der Waals surface area contributed by atoms with Crippen molar-refractivity contribution in [1.29, 1.82) is 0 Å². The molecule has 0 atom stereocenters. The maximum Gasteiger partial charge on any atom is 0.140 e. The Hall–Kier alpha value is -1.15. The van der Waals surface area contributed by atoms with Crippen LogP contribution in [0.15, 0.2) is 18.2 Å². The molecule has 0 aliphatic carbocycles. The van der Waals surface area contributed by atoms with Crippen molar-refractivity contribution in [2.75, 3.05) is 0 Å². The summed E-state index contributed by atoms with van der Waals surface area (Å²) in [6.07, 6.45) is 0.807. The zero-order chi connectivity index (χ0) is 11.7. The highest BCUT2D eigenvalue weighted by Crippen LogP contribution is 2.25. The van der Waals surface area contributed by atoms with Gasteiger partial charge in [0.05, 0.1) is 5.52 Å². The fraction of sp³-hybridized carbons (Fsp3) is 0.385. The fourth-order valence-electron chi connectivity index (χ4n) is 1.67. The highest BCUT2D eigenvalue weighted by Gasteiger charge is 2.07. The number of hydrogen-bond acceptors (Lipinski definition) is 2. The smallest absolute Gasteiger partial charge is 0.140 e. The maximum atomic E-state index is 6.17. The molecular formula is C13H15ClN2. The molecule has 2 nitrogen and oxygen atoms in total. The van der Waals surface area contributed by atoms with Gasteiger partial charge in [0.25, 0.3) is 0 Å². The molecule has 1 heterocycles. The summed E-state index contributed by atoms with van der Waals surface area (Å²) < 4.78 is 0. The maximum absolute atomic E-state index is 6.17. The second-order valence-corrected chi connectivity index (χ2v) is 4.57. The van der Waals surface area contributed by atoms with E-state index in [0.717, 1.165) is 23.1 Å². The van der Waals surface area contributed by atoms with E-state index in [1.165, 1.54) is 5.56 Å². The number of aryl methyl sites for hydroxylation is 1. The number of rotatable bonds is 2. The quantitative estimate of drug-likeness (QED) is 0.735. The second kappa shape index (κ2) is 4.38. The lowest BCUT2D eigenvalue weighted by molar-refractivity contribution is 0.867. The van der Waals surface area contributed by atoms with Crippen molar-refractivity contribution in [3.63, 3.8) is 0 Å². The van der Waals surface area contributed by atoms with Crippen molar-refractivity contribution in [1.82, 2.24) is 9.97 Å². The minimum Gasteiger partial charge on any atom is -0.233 e. The van der Waals surface area contributed by atoms with Gasteiger partial charge in [0.2, 0.25) is 0 Å². The SMILES string of the molecule is CCc1nc(Cl)c2cc(C(C)C)ccc2n1. The lowest BCUT2D eigenvalue weighted by atomic mass is 10.0. The van der Waals surface area contributed by atoms with Crippen LogP contribution in [0.5, 0.6) is 0 Å². The molecule has 2 aromatic rings. The summed E-state index contributed by atoms with van der Waals surface area (Å²) in [5.74, 6) is 1.29. The molecule has 0 N–H and O–H groups in total. The van der Waals surface area contributed by atoms with E-state index in [2.05, 4.69) is 35.9 Å². The third-order valence-electron chi connectivity index (χ3n) is 2.70. The van der Waals surface area contributed by atoms with Crippen LogP contribution in [0.2, 0.25) is 5.15 Å². The van der Waals surface area contributed by atoms with E-state index >= 15 is 0 Å². The highest BCUT2D eigenvalue weighted by atomic mass is 35.5. The minimum absolute atomic E-state index is 0.492. The molecule has 0 radical (unpaired) electrons. The molecule has 2 rings (SSSR count). The molecule has 0 fully saturated rings. The van der Waals surface area contributed by atoms with Crippen LogP contribution in [-0.4, -0.2) is 9.97 Å². The summed E-state index contributed by atoms with van der Waals surface area (Å²) in [6.45, 7) is 6.35. The summed E-state index contributed by atoms with van der Waals surface area (Å²) >= 11 is 6.17. The third kappa shape index (κ3) is 2.03. The van der Waals surface area contributed by atoms with Gasteiger partial charge in [-0.25, -0.2) is 9.97 Å². The topological polar surface area (TPSA) is 25.8 Å². The van der Waals surface area contributed by atoms with Crippen LogP contribution in [0.4, 0.5) is 0 Å². The van der Waals surface area contributed by atoms with E-state index in [1.807, 2.05) is 13.0 Å². The largest absolute Gasteiger partial charge is 0.233 e. The summed E-state index contributed by atoms with van der Waals surface area (Å²) in [7, 11) is 0. The van der Waals surface area contributed by atoms with Gasteiger partial charge in [-0.15, -0.1) is 0 Å². The molecule has 0 saturated carbocycles. The van der Waals surface area contributed by atoms with Crippen LogP contribution in [0.25, 0.3) is 10.9 Å². The lowest BCUT2D eigenvalue weighted by Gasteiger charge is -2.08. The van der Waals surface area contributed by atoms with Gasteiger partial charge in [-0.05, 0) is 23.6 Å². The van der Waals surface area contributed by atoms with Crippen LogP contribution in [0.1, 0.15) is 38.1 Å². The number of halogens is 1. The van der Waals surface area contributed by atoms with Crippen LogP contribution < -0.4 is 0 Å². The normalized spacial score (nSPS) is 11.3. The van der Waals surface area contributed by atoms with Gasteiger partial charge in [-0.2, -0.15) is 0 Å². The van der Waals surface area contributed by atoms with Gasteiger partial charge in [-0.3, -0.25) is 0 Å². The fourth-order valence-corrected chi connectivity index (χ4v) is 1.92. The molecule has 1 aromatic carbocycles. The molecule has 0 saturated heterocycles. The molecule has 0 aliphatic rings. The van der Waals surface area contributed by atoms with E-state index in [9.17, 15) is 0 Å². The molecule has 84 valence electrons. The standard InChI is InChI=1S/C13H15ClN2/c1-4-12-15-11-6-5-9(8(2)3)7-10(11)13(14)16-12/h5-8H,4H2,1-3H3. The monoisotopic (exact) mass is 234 g/mol. The first-order chi connectivity index (χ1) is 7.61. The summed E-state index contributed by atoms with van der Waals surface area (Å²) in [6, 6.07) is 6.22. The third-order valence-corrected chi connectivity index (χ3v) is 2.99. The Morgan fingerprint density at radius 2 is 2.00 bits per heavy atom. The van der Waals surface area contributed by atoms with Gasteiger partial charge < -0.3 is 0 Å². The van der Waals surface area contributed by atoms with Gasteiger partial charge >= 0.3 is 0 Å². The molecule has 16 heavy (non-hydrogen) atoms. The van der Waals surface area contributed by atoms with Crippen molar-refractivity contribution in [3.8, 4) is 0 Å². The molecule has 0 amide bonds. The van der Waals surface area contributed by atoms with Crippen LogP contribution in [0.3, 0.4) is 0 Å². The summed E-state index contributed by atoms with van der Waals surface area (Å²) in [4.78, 5) is 8.73. The minimum atomic E-state index is 0.492. The Bertz CT molecular complexity index is 521. The van der Waals surface area contributed by atoms with Crippen molar-refractivity contribution in [3.05, 3.63) is 34.7 Å².